The molecule has 1 aromatic heterocycles. The van der Waals surface area contributed by atoms with Gasteiger partial charge in [0.05, 0.1) is 23.1 Å². The smallest absolute Gasteiger partial charge is 0.261 e. The summed E-state index contributed by atoms with van der Waals surface area (Å²) in [5, 5.41) is 2.78. The number of nitrogens with one attached hydrogen (secondary N) is 1. The van der Waals surface area contributed by atoms with Crippen LogP contribution in [0, 0.1) is 0 Å². The minimum atomic E-state index is -0.311. The van der Waals surface area contributed by atoms with Gasteiger partial charge in [-0.05, 0) is 31.4 Å². The number of hydrogen-bond donors (Lipinski definition) is 1. The number of imide groups is 1. The van der Waals surface area contributed by atoms with Gasteiger partial charge in [0.2, 0.25) is 5.91 Å². The van der Waals surface area contributed by atoms with Gasteiger partial charge in [-0.15, -0.1) is 0 Å². The minimum Gasteiger partial charge on any atom is -0.354 e. The standard InChI is InChI=1S/C23H26N4O4/c28-20(10-5-12-27-22(30)17-8-3-4-9-18(17)23(27)31)24-11-13-26-15-25-19(14-21(26)29)16-6-1-2-7-16/h3-4,8-9,14-16H,1-2,5-7,10-13H2,(H,24,28). The van der Waals surface area contributed by atoms with E-state index in [4.69, 9.17) is 0 Å². The molecule has 0 spiro atoms. The number of amides is 3. The number of carbonyl (C=O) groups excluding carboxylic acids is 3. The Morgan fingerprint density at radius 3 is 2.35 bits per heavy atom. The van der Waals surface area contributed by atoms with E-state index in [1.165, 1.54) is 22.3 Å². The molecule has 0 bridgehead atoms. The molecule has 4 rings (SSSR count). The second-order valence-electron chi connectivity index (χ2n) is 8.09. The monoisotopic (exact) mass is 422 g/mol. The summed E-state index contributed by atoms with van der Waals surface area (Å²) in [6.45, 7) is 0.864. The Kier molecular flexibility index (Phi) is 6.25. The third-order valence-corrected chi connectivity index (χ3v) is 6.01. The van der Waals surface area contributed by atoms with E-state index in [0.717, 1.165) is 18.5 Å². The van der Waals surface area contributed by atoms with Gasteiger partial charge in [0.1, 0.15) is 0 Å². The first kappa shape index (κ1) is 21.0. The number of nitrogens with zero attached hydrogens (tertiary/aromatic N) is 3. The largest absolute Gasteiger partial charge is 0.354 e. The Bertz CT molecular complexity index is 1020. The van der Waals surface area contributed by atoms with Crippen LogP contribution in [0.15, 0.2) is 41.5 Å². The minimum absolute atomic E-state index is 0.100. The molecular weight excluding hydrogens is 396 g/mol. The fraction of sp³-hybridized carbons (Fsp3) is 0.435. The Morgan fingerprint density at radius 1 is 1.03 bits per heavy atom. The van der Waals surface area contributed by atoms with Gasteiger partial charge in [0.25, 0.3) is 17.4 Å². The maximum absolute atomic E-state index is 12.3. The molecule has 2 aromatic rings. The summed E-state index contributed by atoms with van der Waals surface area (Å²) in [6, 6.07) is 8.34. The summed E-state index contributed by atoms with van der Waals surface area (Å²) in [4.78, 5) is 54.6. The van der Waals surface area contributed by atoms with Crippen molar-refractivity contribution < 1.29 is 14.4 Å². The number of aromatic nitrogens is 2. The molecule has 2 aliphatic rings. The van der Waals surface area contributed by atoms with Crippen molar-refractivity contribution in [3.05, 3.63) is 63.8 Å². The van der Waals surface area contributed by atoms with Crippen LogP contribution in [0.3, 0.4) is 0 Å². The predicted molar refractivity (Wildman–Crippen MR) is 114 cm³/mol. The topological polar surface area (TPSA) is 101 Å². The predicted octanol–water partition coefficient (Wildman–Crippen LogP) is 2.09. The lowest BCUT2D eigenvalue weighted by atomic mass is 10.0. The Balaban J connectivity index is 1.20. The average molecular weight is 422 g/mol. The molecule has 0 radical (unpaired) electrons. The summed E-state index contributed by atoms with van der Waals surface area (Å²) in [7, 11) is 0. The van der Waals surface area contributed by atoms with E-state index in [1.807, 2.05) is 0 Å². The average Bonchev–Trinajstić information content (AvgIpc) is 3.39. The van der Waals surface area contributed by atoms with Crippen LogP contribution < -0.4 is 10.9 Å². The van der Waals surface area contributed by atoms with Gasteiger partial charge in [0, 0.05) is 38.0 Å². The van der Waals surface area contributed by atoms with Crippen molar-refractivity contribution in [2.24, 2.45) is 0 Å². The zero-order chi connectivity index (χ0) is 21.8. The van der Waals surface area contributed by atoms with Gasteiger partial charge >= 0.3 is 0 Å². The third-order valence-electron chi connectivity index (χ3n) is 6.01. The third kappa shape index (κ3) is 4.57. The number of hydrogen-bond acceptors (Lipinski definition) is 5. The van der Waals surface area contributed by atoms with Crippen molar-refractivity contribution in [1.82, 2.24) is 19.8 Å². The highest BCUT2D eigenvalue weighted by Crippen LogP contribution is 2.32. The lowest BCUT2D eigenvalue weighted by Crippen LogP contribution is -2.33. The molecule has 3 amide bonds. The summed E-state index contributed by atoms with van der Waals surface area (Å²) < 4.78 is 1.50. The first-order valence-corrected chi connectivity index (χ1v) is 10.8. The van der Waals surface area contributed by atoms with E-state index in [-0.39, 0.29) is 36.2 Å². The Labute approximate surface area is 180 Å². The number of carbonyl (C=O) groups is 3. The Morgan fingerprint density at radius 2 is 1.71 bits per heavy atom. The normalized spacial score (nSPS) is 16.1. The maximum Gasteiger partial charge on any atom is 0.261 e. The van der Waals surface area contributed by atoms with Crippen LogP contribution in [-0.4, -0.2) is 45.3 Å². The molecule has 0 saturated heterocycles. The quantitative estimate of drug-likeness (QED) is 0.657. The highest BCUT2D eigenvalue weighted by atomic mass is 16.2. The van der Waals surface area contributed by atoms with Gasteiger partial charge in [-0.1, -0.05) is 25.0 Å². The number of fused-ring (bicyclic) bond motifs is 1. The van der Waals surface area contributed by atoms with Crippen LogP contribution >= 0.6 is 0 Å². The molecule has 1 N–H and O–H groups in total. The van der Waals surface area contributed by atoms with E-state index in [2.05, 4.69) is 10.3 Å². The number of rotatable bonds is 8. The first-order chi connectivity index (χ1) is 15.0. The van der Waals surface area contributed by atoms with Crippen molar-refractivity contribution in [2.45, 2.75) is 51.0 Å². The van der Waals surface area contributed by atoms with Gasteiger partial charge in [0.15, 0.2) is 0 Å². The summed E-state index contributed by atoms with van der Waals surface area (Å²) >= 11 is 0. The molecule has 1 fully saturated rings. The van der Waals surface area contributed by atoms with Crippen LogP contribution in [0.5, 0.6) is 0 Å². The highest BCUT2D eigenvalue weighted by molar-refractivity contribution is 6.21. The summed E-state index contributed by atoms with van der Waals surface area (Å²) in [6.07, 6.45) is 6.70. The second kappa shape index (κ2) is 9.24. The maximum atomic E-state index is 12.3. The molecule has 1 saturated carbocycles. The molecule has 8 heteroatoms. The van der Waals surface area contributed by atoms with E-state index < -0.39 is 0 Å². The molecule has 1 aromatic carbocycles. The zero-order valence-corrected chi connectivity index (χ0v) is 17.4. The van der Waals surface area contributed by atoms with E-state index in [9.17, 15) is 19.2 Å². The molecule has 0 unspecified atom stereocenters. The van der Waals surface area contributed by atoms with Gasteiger partial charge in [-0.25, -0.2) is 4.98 Å². The van der Waals surface area contributed by atoms with Gasteiger partial charge < -0.3 is 5.32 Å². The molecule has 1 aliphatic heterocycles. The van der Waals surface area contributed by atoms with Crippen LogP contribution in [0.4, 0.5) is 0 Å². The van der Waals surface area contributed by atoms with Crippen molar-refractivity contribution in [1.29, 1.82) is 0 Å². The Hall–Kier alpha value is -3.29. The molecule has 0 atom stereocenters. The molecule has 162 valence electrons. The lowest BCUT2D eigenvalue weighted by Gasteiger charge is -2.13. The van der Waals surface area contributed by atoms with Gasteiger partial charge in [-0.2, -0.15) is 0 Å². The molecular formula is C23H26N4O4. The number of benzene rings is 1. The van der Waals surface area contributed by atoms with Crippen LogP contribution in [-0.2, 0) is 11.3 Å². The zero-order valence-electron chi connectivity index (χ0n) is 17.4. The van der Waals surface area contributed by atoms with Crippen LogP contribution in [0.25, 0.3) is 0 Å². The van der Waals surface area contributed by atoms with Crippen molar-refractivity contribution in [3.8, 4) is 0 Å². The lowest BCUT2D eigenvalue weighted by molar-refractivity contribution is -0.121. The van der Waals surface area contributed by atoms with Gasteiger partial charge in [-0.3, -0.25) is 28.6 Å². The van der Waals surface area contributed by atoms with Crippen LogP contribution in [0.2, 0.25) is 0 Å². The fourth-order valence-corrected chi connectivity index (χ4v) is 4.30. The molecule has 31 heavy (non-hydrogen) atoms. The fourth-order valence-electron chi connectivity index (χ4n) is 4.30. The first-order valence-electron chi connectivity index (χ1n) is 10.8. The molecule has 8 nitrogen and oxygen atoms in total. The van der Waals surface area contributed by atoms with E-state index in [0.29, 0.717) is 36.6 Å². The second-order valence-corrected chi connectivity index (χ2v) is 8.09. The van der Waals surface area contributed by atoms with Crippen LogP contribution in [0.1, 0.15) is 70.9 Å². The summed E-state index contributed by atoms with van der Waals surface area (Å²) in [5.74, 6) is -0.410. The molecule has 2 heterocycles. The van der Waals surface area contributed by atoms with Crippen molar-refractivity contribution >= 4 is 17.7 Å². The van der Waals surface area contributed by atoms with Crippen molar-refractivity contribution in [3.63, 3.8) is 0 Å². The summed E-state index contributed by atoms with van der Waals surface area (Å²) in [5.41, 5.74) is 1.60. The molecule has 1 aliphatic carbocycles. The van der Waals surface area contributed by atoms with Crippen molar-refractivity contribution in [2.75, 3.05) is 13.1 Å². The van der Waals surface area contributed by atoms with E-state index >= 15 is 0 Å². The highest BCUT2D eigenvalue weighted by Gasteiger charge is 2.34. The SMILES string of the molecule is O=C(CCCN1C(=O)c2ccccc2C1=O)NCCn1cnc(C2CCCC2)cc1=O. The van der Waals surface area contributed by atoms with E-state index in [1.54, 1.807) is 36.7 Å².